The highest BCUT2D eigenvalue weighted by molar-refractivity contribution is 5.32. The van der Waals surface area contributed by atoms with Crippen LogP contribution in [0.5, 0.6) is 0 Å². The lowest BCUT2D eigenvalue weighted by Gasteiger charge is -2.35. The minimum Gasteiger partial charge on any atom is -0.390 e. The van der Waals surface area contributed by atoms with Crippen molar-refractivity contribution in [3.05, 3.63) is 35.1 Å². The van der Waals surface area contributed by atoms with Gasteiger partial charge in [-0.1, -0.05) is 6.07 Å². The monoisotopic (exact) mass is 248 g/mol. The second-order valence-corrected chi connectivity index (χ2v) is 5.19. The number of nitrogens with zero attached hydrogens (tertiary/aromatic N) is 2. The molecule has 0 amide bonds. The van der Waals surface area contributed by atoms with E-state index in [0.29, 0.717) is 30.5 Å². The summed E-state index contributed by atoms with van der Waals surface area (Å²) in [6, 6.07) is 6.50. The highest BCUT2D eigenvalue weighted by atomic mass is 19.1. The fraction of sp³-hybridized carbons (Fsp3) is 0.500. The van der Waals surface area contributed by atoms with Gasteiger partial charge in [0.25, 0.3) is 0 Å². The fourth-order valence-corrected chi connectivity index (χ4v) is 2.18. The molecule has 0 radical (unpaired) electrons. The van der Waals surface area contributed by atoms with Gasteiger partial charge in [0.2, 0.25) is 0 Å². The Morgan fingerprint density at radius 2 is 2.11 bits per heavy atom. The average Bonchev–Trinajstić information content (AvgIpc) is 2.34. The molecule has 1 saturated heterocycles. The molecule has 4 heteroatoms. The maximum absolute atomic E-state index is 13.7. The van der Waals surface area contributed by atoms with Crippen LogP contribution in [0.3, 0.4) is 0 Å². The Bertz CT molecular complexity index is 469. The van der Waals surface area contributed by atoms with Gasteiger partial charge in [0.15, 0.2) is 0 Å². The summed E-state index contributed by atoms with van der Waals surface area (Å²) in [7, 11) is 0. The van der Waals surface area contributed by atoms with Crippen molar-refractivity contribution in [3.63, 3.8) is 0 Å². The minimum atomic E-state index is -0.584. The molecule has 0 bridgehead atoms. The van der Waals surface area contributed by atoms with Gasteiger partial charge in [0.1, 0.15) is 5.82 Å². The van der Waals surface area contributed by atoms with E-state index < -0.39 is 5.60 Å². The van der Waals surface area contributed by atoms with Crippen molar-refractivity contribution in [2.24, 2.45) is 0 Å². The first-order valence-electron chi connectivity index (χ1n) is 6.13. The number of benzene rings is 1. The standard InChI is InChI=1S/C14H17FN2O/c1-14(18)4-6-17(7-5-14)10-12-3-2-11(9-16)8-13(12)15/h2-3,8,18H,4-7,10H2,1H3. The minimum absolute atomic E-state index is 0.327. The van der Waals surface area contributed by atoms with E-state index in [4.69, 9.17) is 5.26 Å². The molecule has 1 aromatic rings. The molecule has 0 spiro atoms. The van der Waals surface area contributed by atoms with Crippen LogP contribution in [0.2, 0.25) is 0 Å². The molecule has 1 aliphatic rings. The number of piperidine rings is 1. The predicted octanol–water partition coefficient (Wildman–Crippen LogP) is 2.04. The van der Waals surface area contributed by atoms with E-state index in [1.807, 2.05) is 13.0 Å². The fourth-order valence-electron chi connectivity index (χ4n) is 2.18. The Morgan fingerprint density at radius 1 is 1.44 bits per heavy atom. The van der Waals surface area contributed by atoms with Gasteiger partial charge in [0, 0.05) is 25.2 Å². The van der Waals surface area contributed by atoms with Crippen LogP contribution >= 0.6 is 0 Å². The Kier molecular flexibility index (Phi) is 3.65. The van der Waals surface area contributed by atoms with Gasteiger partial charge in [-0.05, 0) is 31.9 Å². The lowest BCUT2D eigenvalue weighted by atomic mass is 9.93. The lowest BCUT2D eigenvalue weighted by Crippen LogP contribution is -2.42. The number of halogens is 1. The van der Waals surface area contributed by atoms with Gasteiger partial charge in [-0.25, -0.2) is 4.39 Å². The van der Waals surface area contributed by atoms with Crippen molar-refractivity contribution in [1.82, 2.24) is 4.90 Å². The van der Waals surface area contributed by atoms with Gasteiger partial charge >= 0.3 is 0 Å². The molecular formula is C14H17FN2O. The van der Waals surface area contributed by atoms with E-state index in [0.717, 1.165) is 13.1 Å². The number of hydrogen-bond acceptors (Lipinski definition) is 3. The molecule has 2 rings (SSSR count). The summed E-state index contributed by atoms with van der Waals surface area (Å²) >= 11 is 0. The smallest absolute Gasteiger partial charge is 0.129 e. The zero-order valence-corrected chi connectivity index (χ0v) is 10.5. The number of likely N-dealkylation sites (tertiary alicyclic amines) is 1. The number of aliphatic hydroxyl groups is 1. The third kappa shape index (κ3) is 3.06. The molecule has 1 fully saturated rings. The molecule has 0 aliphatic carbocycles. The van der Waals surface area contributed by atoms with Gasteiger partial charge in [-0.15, -0.1) is 0 Å². The van der Waals surface area contributed by atoms with Gasteiger partial charge in [-0.3, -0.25) is 4.90 Å². The van der Waals surface area contributed by atoms with Crippen molar-refractivity contribution < 1.29 is 9.50 Å². The van der Waals surface area contributed by atoms with E-state index in [1.54, 1.807) is 12.1 Å². The van der Waals surface area contributed by atoms with Crippen LogP contribution < -0.4 is 0 Å². The van der Waals surface area contributed by atoms with E-state index in [9.17, 15) is 9.50 Å². The summed E-state index contributed by atoms with van der Waals surface area (Å²) in [6.07, 6.45) is 1.43. The second kappa shape index (κ2) is 5.05. The zero-order chi connectivity index (χ0) is 13.2. The zero-order valence-electron chi connectivity index (χ0n) is 10.5. The van der Waals surface area contributed by atoms with Crippen LogP contribution in [0.4, 0.5) is 4.39 Å². The van der Waals surface area contributed by atoms with Gasteiger partial charge < -0.3 is 5.11 Å². The van der Waals surface area contributed by atoms with Crippen LogP contribution in [0, 0.1) is 17.1 Å². The van der Waals surface area contributed by atoms with E-state index in [1.165, 1.54) is 6.07 Å². The topological polar surface area (TPSA) is 47.3 Å². The Balaban J connectivity index is 2.01. The highest BCUT2D eigenvalue weighted by Gasteiger charge is 2.27. The third-order valence-electron chi connectivity index (χ3n) is 3.51. The van der Waals surface area contributed by atoms with E-state index in [2.05, 4.69) is 4.90 Å². The van der Waals surface area contributed by atoms with E-state index in [-0.39, 0.29) is 5.82 Å². The number of nitriles is 1. The largest absolute Gasteiger partial charge is 0.390 e. The lowest BCUT2D eigenvalue weighted by molar-refractivity contribution is -0.00749. The Labute approximate surface area is 106 Å². The van der Waals surface area contributed by atoms with Crippen LogP contribution in [0.15, 0.2) is 18.2 Å². The Morgan fingerprint density at radius 3 is 2.67 bits per heavy atom. The molecular weight excluding hydrogens is 231 g/mol. The van der Waals surface area contributed by atoms with Crippen molar-refractivity contribution in [2.75, 3.05) is 13.1 Å². The number of rotatable bonds is 2. The average molecular weight is 248 g/mol. The summed E-state index contributed by atoms with van der Waals surface area (Å²) in [4.78, 5) is 2.13. The number of hydrogen-bond donors (Lipinski definition) is 1. The first-order chi connectivity index (χ1) is 8.50. The van der Waals surface area contributed by atoms with Gasteiger partial charge in [-0.2, -0.15) is 5.26 Å². The van der Waals surface area contributed by atoms with E-state index >= 15 is 0 Å². The summed E-state index contributed by atoms with van der Waals surface area (Å²) in [5, 5.41) is 18.5. The van der Waals surface area contributed by atoms with Gasteiger partial charge in [0.05, 0.1) is 17.2 Å². The first kappa shape index (κ1) is 13.0. The molecule has 1 aliphatic heterocycles. The molecule has 0 aromatic heterocycles. The quantitative estimate of drug-likeness (QED) is 0.871. The van der Waals surface area contributed by atoms with Crippen LogP contribution in [-0.2, 0) is 6.54 Å². The normalized spacial score (nSPS) is 19.4. The third-order valence-corrected chi connectivity index (χ3v) is 3.51. The summed E-state index contributed by atoms with van der Waals surface area (Å²) in [5.74, 6) is -0.327. The maximum atomic E-state index is 13.7. The molecule has 1 N–H and O–H groups in total. The van der Waals surface area contributed by atoms with Crippen molar-refractivity contribution in [3.8, 4) is 6.07 Å². The Hall–Kier alpha value is -1.44. The van der Waals surface area contributed by atoms with Crippen molar-refractivity contribution in [1.29, 1.82) is 5.26 Å². The maximum Gasteiger partial charge on any atom is 0.129 e. The summed E-state index contributed by atoms with van der Waals surface area (Å²) in [6.45, 7) is 3.92. The highest BCUT2D eigenvalue weighted by Crippen LogP contribution is 2.23. The SMILES string of the molecule is CC1(O)CCN(Cc2ccc(C#N)cc2F)CC1. The second-order valence-electron chi connectivity index (χ2n) is 5.19. The summed E-state index contributed by atoms with van der Waals surface area (Å²) < 4.78 is 13.7. The molecule has 0 saturated carbocycles. The molecule has 0 atom stereocenters. The van der Waals surface area contributed by atoms with Crippen LogP contribution in [-0.4, -0.2) is 28.7 Å². The molecule has 18 heavy (non-hydrogen) atoms. The molecule has 1 aromatic carbocycles. The predicted molar refractivity (Wildman–Crippen MR) is 66.2 cm³/mol. The molecule has 3 nitrogen and oxygen atoms in total. The molecule has 0 unspecified atom stereocenters. The summed E-state index contributed by atoms with van der Waals surface area (Å²) in [5.41, 5.74) is 0.369. The molecule has 1 heterocycles. The molecule has 96 valence electrons. The van der Waals surface area contributed by atoms with Crippen molar-refractivity contribution in [2.45, 2.75) is 31.9 Å². The first-order valence-corrected chi connectivity index (χ1v) is 6.13. The van der Waals surface area contributed by atoms with Crippen molar-refractivity contribution >= 4 is 0 Å². The van der Waals surface area contributed by atoms with Crippen LogP contribution in [0.25, 0.3) is 0 Å². The van der Waals surface area contributed by atoms with Crippen LogP contribution in [0.1, 0.15) is 30.9 Å².